The van der Waals surface area contributed by atoms with Crippen molar-refractivity contribution in [2.45, 2.75) is 426 Å². The Morgan fingerprint density at radius 2 is 0.448 bits per heavy atom. The number of hydrogen-bond donors (Lipinski definition) is 0. The molecule has 0 atom stereocenters. The second-order valence-electron chi connectivity index (χ2n) is 27.1. The molecule has 2 nitrogen and oxygen atoms in total. The predicted octanol–water partition coefficient (Wildman–Crippen LogP) is 30.2. The van der Waals surface area contributed by atoms with Gasteiger partial charge in [0.05, 0.1) is 22.8 Å². The van der Waals surface area contributed by atoms with Crippen LogP contribution in [0.25, 0.3) is 0 Å². The zero-order valence-electron chi connectivity index (χ0n) is 59.0. The van der Waals surface area contributed by atoms with Gasteiger partial charge >= 0.3 is 0 Å². The summed E-state index contributed by atoms with van der Waals surface area (Å²) in [5, 5.41) is 0. The van der Waals surface area contributed by atoms with Crippen LogP contribution in [-0.4, -0.2) is 11.4 Å². The van der Waals surface area contributed by atoms with Crippen molar-refractivity contribution in [3.8, 4) is 0 Å². The van der Waals surface area contributed by atoms with E-state index in [4.69, 9.17) is 9.98 Å². The molecule has 0 aliphatic carbocycles. The average Bonchev–Trinajstić information content (AvgIpc) is 3.73. The van der Waals surface area contributed by atoms with Crippen LogP contribution in [0.4, 0.5) is 11.4 Å². The van der Waals surface area contributed by atoms with Crippen molar-refractivity contribution in [1.82, 2.24) is 0 Å². The van der Waals surface area contributed by atoms with Gasteiger partial charge in [0, 0.05) is 16.5 Å². The van der Waals surface area contributed by atoms with Crippen LogP contribution in [0.2, 0.25) is 0 Å². The fraction of sp³-hybridized carbons (Fsp3) is 0.786. The van der Waals surface area contributed by atoms with Crippen LogP contribution in [0.5, 0.6) is 0 Å². The molecular weight excluding hydrogens is 1100 g/mol. The molecule has 0 fully saturated rings. The van der Waals surface area contributed by atoms with Crippen molar-refractivity contribution in [2.75, 3.05) is 0 Å². The van der Waals surface area contributed by atoms with Gasteiger partial charge in [0.15, 0.2) is 0 Å². The van der Waals surface area contributed by atoms with Gasteiger partial charge in [-0.3, -0.25) is 9.98 Å². The Morgan fingerprint density at radius 1 is 0.241 bits per heavy atom. The molecule has 0 heterocycles. The zero-order chi connectivity index (χ0) is 61.2. The van der Waals surface area contributed by atoms with Crippen LogP contribution in [0, 0.1) is 0 Å². The molecule has 0 saturated heterocycles. The van der Waals surface area contributed by atoms with Crippen molar-refractivity contribution < 1.29 is 16.5 Å². The van der Waals surface area contributed by atoms with Crippen molar-refractivity contribution in [3.63, 3.8) is 0 Å². The van der Waals surface area contributed by atoms with E-state index in [1.54, 1.807) is 0 Å². The maximum Gasteiger partial charge on any atom is 0.0665 e. The fourth-order valence-corrected chi connectivity index (χ4v) is 12.9. The zero-order valence-corrected chi connectivity index (χ0v) is 60.0. The Labute approximate surface area is 555 Å². The molecular formula is C84H148N2Ni. The monoisotopic (exact) mass is 1240 g/mol. The summed E-state index contributed by atoms with van der Waals surface area (Å²) < 4.78 is 0. The van der Waals surface area contributed by atoms with Gasteiger partial charge in [0.2, 0.25) is 0 Å². The SMILES string of the molecule is CCCCCCCCCCCCCCCCCCCCCCCCC/C=C/CCCc1ccccc1N=C(CCCC)C(CCCCCC)=Nc1ccccc1CCC/C=C/CCCCCCCCCCCCCCCCCCCCCCCCC.[Ni]. The summed E-state index contributed by atoms with van der Waals surface area (Å²) in [7, 11) is 0. The minimum atomic E-state index is 0. The number of nitrogens with zero attached hydrogens (tertiary/aromatic N) is 2. The number of rotatable bonds is 67. The Bertz CT molecular complexity index is 1820. The first-order valence-corrected chi connectivity index (χ1v) is 39.3. The molecule has 0 bridgehead atoms. The third-order valence-corrected chi connectivity index (χ3v) is 18.8. The van der Waals surface area contributed by atoms with E-state index in [0.29, 0.717) is 0 Å². The van der Waals surface area contributed by atoms with Crippen molar-refractivity contribution in [2.24, 2.45) is 9.98 Å². The number of benzene rings is 2. The van der Waals surface area contributed by atoms with E-state index in [1.807, 2.05) is 0 Å². The number of aryl methyl sites for hydroxylation is 2. The van der Waals surface area contributed by atoms with Crippen LogP contribution < -0.4 is 0 Å². The fourth-order valence-electron chi connectivity index (χ4n) is 12.9. The quantitative estimate of drug-likeness (QED) is 0.0273. The number of hydrogen-bond acceptors (Lipinski definition) is 2. The molecule has 0 aliphatic rings. The van der Waals surface area contributed by atoms with Crippen LogP contribution in [0.15, 0.2) is 82.8 Å². The van der Waals surface area contributed by atoms with E-state index >= 15 is 0 Å². The molecule has 3 heteroatoms. The van der Waals surface area contributed by atoms with E-state index in [0.717, 1.165) is 56.3 Å². The molecule has 0 saturated carbocycles. The third kappa shape index (κ3) is 54.1. The molecule has 2 aromatic rings. The number of allylic oxidation sites excluding steroid dienone is 4. The molecule has 0 amide bonds. The largest absolute Gasteiger partial charge is 0.251 e. The predicted molar refractivity (Wildman–Crippen MR) is 392 cm³/mol. The number of unbranched alkanes of at least 4 members (excludes halogenated alkanes) is 52. The summed E-state index contributed by atoms with van der Waals surface area (Å²) in [6.45, 7) is 9.25. The number of aliphatic imine (C=N–C) groups is 2. The summed E-state index contributed by atoms with van der Waals surface area (Å²) in [6.07, 6.45) is 95.1. The van der Waals surface area contributed by atoms with Crippen LogP contribution in [0.3, 0.4) is 0 Å². The maximum absolute atomic E-state index is 5.58. The molecule has 87 heavy (non-hydrogen) atoms. The van der Waals surface area contributed by atoms with Gasteiger partial charge in [0.25, 0.3) is 0 Å². The van der Waals surface area contributed by atoms with Crippen molar-refractivity contribution in [3.05, 3.63) is 84.0 Å². The summed E-state index contributed by atoms with van der Waals surface area (Å²) in [6, 6.07) is 18.0. The molecule has 2 aromatic carbocycles. The number of para-hydroxylation sites is 2. The second-order valence-corrected chi connectivity index (χ2v) is 27.1. The third-order valence-electron chi connectivity index (χ3n) is 18.8. The van der Waals surface area contributed by atoms with Crippen molar-refractivity contribution >= 4 is 22.8 Å². The van der Waals surface area contributed by atoms with Crippen LogP contribution in [0.1, 0.15) is 424 Å². The normalized spacial score (nSPS) is 12.2. The Balaban J connectivity index is 0.0000378. The van der Waals surface area contributed by atoms with Gasteiger partial charge in [-0.2, -0.15) is 0 Å². The van der Waals surface area contributed by atoms with Crippen LogP contribution >= 0.6 is 0 Å². The topological polar surface area (TPSA) is 24.7 Å². The van der Waals surface area contributed by atoms with Crippen LogP contribution in [-0.2, 0) is 29.3 Å². The van der Waals surface area contributed by atoms with E-state index in [2.05, 4.69) is 101 Å². The van der Waals surface area contributed by atoms with Crippen molar-refractivity contribution in [1.29, 1.82) is 0 Å². The van der Waals surface area contributed by atoms with Gasteiger partial charge in [0.1, 0.15) is 0 Å². The molecule has 0 aromatic heterocycles. The van der Waals surface area contributed by atoms with E-state index in [9.17, 15) is 0 Å². The van der Waals surface area contributed by atoms with Gasteiger partial charge in [-0.15, -0.1) is 0 Å². The Morgan fingerprint density at radius 3 is 0.713 bits per heavy atom. The Kier molecular flexibility index (Phi) is 64.8. The Hall–Kier alpha value is -2.25. The summed E-state index contributed by atoms with van der Waals surface area (Å²) in [4.78, 5) is 11.1. The summed E-state index contributed by atoms with van der Waals surface area (Å²) >= 11 is 0. The molecule has 2 rings (SSSR count). The molecule has 0 radical (unpaired) electrons. The first kappa shape index (κ1) is 82.8. The van der Waals surface area contributed by atoms with Gasteiger partial charge in [-0.05, 0) is 113 Å². The summed E-state index contributed by atoms with van der Waals surface area (Å²) in [5.41, 5.74) is 7.53. The molecule has 0 aliphatic heterocycles. The molecule has 0 unspecified atom stereocenters. The first-order valence-electron chi connectivity index (χ1n) is 39.3. The standard InChI is InChI=1S/C84H148N2.Ni/c1-5-9-13-16-18-20-22-24-26-28-30-32-34-36-38-40-42-44-46-48-50-52-54-56-58-60-62-64-71-79-73-67-69-76-81(79)85-83(75-12-8-4)84(78-66-15-11-7-3)86-82-77-70-68-74-80(82)72-65-63-61-59-57-55-53-51-49-47-45-43-41-39-37-35-33-31-29-27-25-23-21-19-17-14-10-6-2;/h58-61,67-70,73-74,76-77H,5-57,62-66,71-72,75,78H2,1-4H3;/b60-58+,61-59+,85-83?,86-84?;. The average molecular weight is 1240 g/mol. The smallest absolute Gasteiger partial charge is 0.0665 e. The van der Waals surface area contributed by atoms with Gasteiger partial charge in [-0.25, -0.2) is 0 Å². The van der Waals surface area contributed by atoms with E-state index in [1.165, 1.54) is 376 Å². The minimum absolute atomic E-state index is 0. The molecule has 0 N–H and O–H groups in total. The van der Waals surface area contributed by atoms with Gasteiger partial charge < -0.3 is 0 Å². The molecule has 0 spiro atoms. The second kappa shape index (κ2) is 68.1. The maximum atomic E-state index is 5.58. The minimum Gasteiger partial charge on any atom is -0.251 e. The first-order chi connectivity index (χ1) is 42.7. The molecule has 504 valence electrons. The van der Waals surface area contributed by atoms with E-state index < -0.39 is 0 Å². The summed E-state index contributed by atoms with van der Waals surface area (Å²) in [5.74, 6) is 0. The van der Waals surface area contributed by atoms with E-state index in [-0.39, 0.29) is 16.5 Å². The van der Waals surface area contributed by atoms with Gasteiger partial charge in [-0.1, -0.05) is 397 Å².